The highest BCUT2D eigenvalue weighted by atomic mass is 16.6. The number of hydrogen-bond donors (Lipinski definition) is 2. The third-order valence-electron chi connectivity index (χ3n) is 5.49. The summed E-state index contributed by atoms with van der Waals surface area (Å²) in [5.74, 6) is 2.29. The van der Waals surface area contributed by atoms with Crippen molar-refractivity contribution in [2.24, 2.45) is 5.92 Å². The highest BCUT2D eigenvalue weighted by Gasteiger charge is 2.27. The molecule has 1 aliphatic heterocycles. The van der Waals surface area contributed by atoms with Crippen molar-refractivity contribution in [1.82, 2.24) is 15.3 Å². The van der Waals surface area contributed by atoms with Gasteiger partial charge >= 0.3 is 0 Å². The number of hydrogen-bond acceptors (Lipinski definition) is 7. The fraction of sp³-hybridized carbons (Fsp3) is 0.524. The highest BCUT2D eigenvalue weighted by molar-refractivity contribution is 5.59. The van der Waals surface area contributed by atoms with E-state index in [0.29, 0.717) is 17.7 Å². The van der Waals surface area contributed by atoms with Crippen molar-refractivity contribution >= 4 is 23.1 Å². The molecule has 0 unspecified atom stereocenters. The van der Waals surface area contributed by atoms with Crippen LogP contribution in [-0.2, 0) is 6.42 Å². The Bertz CT molecular complexity index is 870. The number of non-ortho nitro benzene ring substituents is 1. The molecule has 1 aliphatic carbocycles. The van der Waals surface area contributed by atoms with Crippen LogP contribution >= 0.6 is 0 Å². The maximum Gasteiger partial charge on any atom is 0.271 e. The van der Waals surface area contributed by atoms with Crippen molar-refractivity contribution in [1.29, 1.82) is 0 Å². The second-order valence-electron chi connectivity index (χ2n) is 8.01. The summed E-state index contributed by atoms with van der Waals surface area (Å²) in [4.78, 5) is 22.3. The van der Waals surface area contributed by atoms with E-state index in [4.69, 9.17) is 4.98 Å². The van der Waals surface area contributed by atoms with Crippen LogP contribution in [0.5, 0.6) is 0 Å². The van der Waals surface area contributed by atoms with Gasteiger partial charge < -0.3 is 15.5 Å². The van der Waals surface area contributed by atoms with Gasteiger partial charge in [-0.1, -0.05) is 19.4 Å². The summed E-state index contributed by atoms with van der Waals surface area (Å²) in [6.07, 6.45) is 5.72. The lowest BCUT2D eigenvalue weighted by molar-refractivity contribution is -0.384. The van der Waals surface area contributed by atoms with Gasteiger partial charge in [-0.15, -0.1) is 0 Å². The number of aromatic nitrogens is 2. The van der Waals surface area contributed by atoms with Gasteiger partial charge in [0.05, 0.1) is 4.92 Å². The zero-order valence-corrected chi connectivity index (χ0v) is 16.8. The largest absolute Gasteiger partial charge is 0.355 e. The van der Waals surface area contributed by atoms with Crippen LogP contribution in [0.15, 0.2) is 30.3 Å². The number of nitrogens with zero attached hydrogens (tertiary/aromatic N) is 4. The fourth-order valence-electron chi connectivity index (χ4n) is 3.70. The highest BCUT2D eigenvalue weighted by Crippen LogP contribution is 2.29. The summed E-state index contributed by atoms with van der Waals surface area (Å²) in [6.45, 7) is 5.18. The Balaban J connectivity index is 1.49. The van der Waals surface area contributed by atoms with E-state index in [0.717, 1.165) is 56.3 Å². The molecule has 1 aromatic carbocycles. The van der Waals surface area contributed by atoms with Gasteiger partial charge in [-0.05, 0) is 44.2 Å². The molecule has 29 heavy (non-hydrogen) atoms. The lowest BCUT2D eigenvalue weighted by atomic mass is 10.2. The molecule has 1 aromatic heterocycles. The summed E-state index contributed by atoms with van der Waals surface area (Å²) in [5, 5.41) is 17.9. The van der Waals surface area contributed by atoms with Crippen LogP contribution in [0.1, 0.15) is 38.3 Å². The van der Waals surface area contributed by atoms with E-state index >= 15 is 0 Å². The summed E-state index contributed by atoms with van der Waals surface area (Å²) in [7, 11) is 0. The zero-order chi connectivity index (χ0) is 20.2. The van der Waals surface area contributed by atoms with E-state index < -0.39 is 4.92 Å². The minimum absolute atomic E-state index is 0.0454. The topological polar surface area (TPSA) is 96.2 Å². The minimum atomic E-state index is -0.399. The van der Waals surface area contributed by atoms with Crippen molar-refractivity contribution < 1.29 is 4.92 Å². The fourth-order valence-corrected chi connectivity index (χ4v) is 3.70. The van der Waals surface area contributed by atoms with Gasteiger partial charge in [-0.25, -0.2) is 4.98 Å². The third-order valence-corrected chi connectivity index (χ3v) is 5.49. The Morgan fingerprint density at radius 2 is 2.10 bits per heavy atom. The minimum Gasteiger partial charge on any atom is -0.355 e. The molecule has 154 valence electrons. The molecule has 0 radical (unpaired) electrons. The predicted molar refractivity (Wildman–Crippen MR) is 114 cm³/mol. The van der Waals surface area contributed by atoms with Crippen LogP contribution in [0.3, 0.4) is 0 Å². The first kappa shape index (κ1) is 19.6. The standard InChI is InChI=1S/C21H28N6O2/c1-2-4-16-12-20(26-10-9-18(14-26)22-13-15-7-8-15)25-21(23-16)24-17-5-3-6-19(11-17)27(28)29/h3,5-6,11-12,15,18,22H,2,4,7-10,13-14H2,1H3,(H,23,24,25)/t18-/m0/s1. The second-order valence-corrected chi connectivity index (χ2v) is 8.01. The van der Waals surface area contributed by atoms with E-state index in [9.17, 15) is 10.1 Å². The van der Waals surface area contributed by atoms with Crippen LogP contribution in [0.25, 0.3) is 0 Å². The normalized spacial score (nSPS) is 18.8. The molecule has 4 rings (SSSR count). The first-order valence-corrected chi connectivity index (χ1v) is 10.5. The molecule has 2 aliphatic rings. The van der Waals surface area contributed by atoms with Gasteiger partial charge in [0.1, 0.15) is 5.82 Å². The van der Waals surface area contributed by atoms with Crippen LogP contribution in [0.4, 0.5) is 23.1 Å². The van der Waals surface area contributed by atoms with Gasteiger partial charge in [0, 0.05) is 48.7 Å². The molecule has 2 heterocycles. The summed E-state index contributed by atoms with van der Waals surface area (Å²) in [5.41, 5.74) is 1.65. The van der Waals surface area contributed by atoms with Crippen LogP contribution in [0.2, 0.25) is 0 Å². The van der Waals surface area contributed by atoms with E-state index in [-0.39, 0.29) is 5.69 Å². The Hall–Kier alpha value is -2.74. The molecule has 8 heteroatoms. The molecular formula is C21H28N6O2. The summed E-state index contributed by atoms with van der Waals surface area (Å²) >= 11 is 0. The molecule has 2 fully saturated rings. The average molecular weight is 396 g/mol. The van der Waals surface area contributed by atoms with Crippen molar-refractivity contribution in [3.05, 3.63) is 46.1 Å². The lowest BCUT2D eigenvalue weighted by Gasteiger charge is -2.20. The number of aryl methyl sites for hydroxylation is 1. The number of rotatable bonds is 9. The van der Waals surface area contributed by atoms with Crippen molar-refractivity contribution in [3.63, 3.8) is 0 Å². The molecule has 0 amide bonds. The molecule has 0 spiro atoms. The SMILES string of the molecule is CCCc1cc(N2CC[C@H](NCC3CC3)C2)nc(Nc2cccc([N+](=O)[O-])c2)n1. The van der Waals surface area contributed by atoms with Crippen molar-refractivity contribution in [2.45, 2.75) is 45.1 Å². The first-order chi connectivity index (χ1) is 14.1. The summed E-state index contributed by atoms with van der Waals surface area (Å²) < 4.78 is 0. The number of nitro groups is 1. The molecule has 8 nitrogen and oxygen atoms in total. The molecular weight excluding hydrogens is 368 g/mol. The van der Waals surface area contributed by atoms with E-state index in [1.165, 1.54) is 25.0 Å². The third kappa shape index (κ3) is 5.20. The molecule has 1 saturated carbocycles. The van der Waals surface area contributed by atoms with E-state index in [1.54, 1.807) is 12.1 Å². The van der Waals surface area contributed by atoms with Crippen molar-refractivity contribution in [2.75, 3.05) is 29.9 Å². The van der Waals surface area contributed by atoms with Gasteiger partial charge in [-0.3, -0.25) is 10.1 Å². The van der Waals surface area contributed by atoms with Crippen LogP contribution < -0.4 is 15.5 Å². The smallest absolute Gasteiger partial charge is 0.271 e. The Morgan fingerprint density at radius 1 is 1.24 bits per heavy atom. The molecule has 1 saturated heterocycles. The Kier molecular flexibility index (Phi) is 5.89. The number of anilines is 3. The zero-order valence-electron chi connectivity index (χ0n) is 16.8. The van der Waals surface area contributed by atoms with Gasteiger partial charge in [0.25, 0.3) is 5.69 Å². The van der Waals surface area contributed by atoms with E-state index in [1.807, 2.05) is 0 Å². The van der Waals surface area contributed by atoms with Crippen molar-refractivity contribution in [3.8, 4) is 0 Å². The second kappa shape index (κ2) is 8.73. The molecule has 2 aromatic rings. The van der Waals surface area contributed by atoms with E-state index in [2.05, 4.69) is 33.5 Å². The maximum absolute atomic E-state index is 11.0. The molecule has 2 N–H and O–H groups in total. The molecule has 1 atom stereocenters. The quantitative estimate of drug-likeness (QED) is 0.493. The first-order valence-electron chi connectivity index (χ1n) is 10.5. The monoisotopic (exact) mass is 396 g/mol. The lowest BCUT2D eigenvalue weighted by Crippen LogP contribution is -2.34. The Morgan fingerprint density at radius 3 is 2.86 bits per heavy atom. The van der Waals surface area contributed by atoms with Crippen LogP contribution in [-0.4, -0.2) is 40.6 Å². The number of nitro benzene ring substituents is 1. The van der Waals surface area contributed by atoms with Crippen LogP contribution in [0, 0.1) is 16.0 Å². The number of benzene rings is 1. The molecule has 0 bridgehead atoms. The van der Waals surface area contributed by atoms with Gasteiger partial charge in [0.2, 0.25) is 5.95 Å². The summed E-state index contributed by atoms with van der Waals surface area (Å²) in [6, 6.07) is 9.01. The van der Waals surface area contributed by atoms with Gasteiger partial charge in [0.15, 0.2) is 0 Å². The average Bonchev–Trinajstić information content (AvgIpc) is 3.42. The Labute approximate surface area is 170 Å². The predicted octanol–water partition coefficient (Wildman–Crippen LogP) is 3.66. The van der Waals surface area contributed by atoms with Gasteiger partial charge in [-0.2, -0.15) is 4.98 Å². The number of nitrogens with one attached hydrogen (secondary N) is 2. The maximum atomic E-state index is 11.0.